The molecule has 4 fully saturated rings. The number of hydrogen-bond acceptors (Lipinski definition) is 3. The molecule has 2 N–H and O–H groups in total. The number of ketones is 1. The summed E-state index contributed by atoms with van der Waals surface area (Å²) < 4.78 is 0. The molecular formula is C30H48O3. The molecule has 0 aromatic rings. The summed E-state index contributed by atoms with van der Waals surface area (Å²) in [6, 6.07) is 0. The Bertz CT molecular complexity index is 900. The van der Waals surface area contributed by atoms with Crippen LogP contribution >= 0.6 is 0 Å². The summed E-state index contributed by atoms with van der Waals surface area (Å²) >= 11 is 0. The third kappa shape index (κ3) is 2.85. The molecule has 1 unspecified atom stereocenters. The van der Waals surface area contributed by atoms with Gasteiger partial charge in [0.15, 0.2) is 0 Å². The van der Waals surface area contributed by atoms with Crippen LogP contribution in [-0.2, 0) is 4.79 Å². The maximum absolute atomic E-state index is 12.9. The first-order valence-electron chi connectivity index (χ1n) is 13.6. The monoisotopic (exact) mass is 456 g/mol. The number of carbonyl (C=O) groups is 1. The second-order valence-electron chi connectivity index (χ2n) is 15.2. The number of carbonyl (C=O) groups excluding carboxylic acids is 1. The highest BCUT2D eigenvalue weighted by Gasteiger charge is 2.71. The molecule has 3 nitrogen and oxygen atoms in total. The van der Waals surface area contributed by atoms with Crippen LogP contribution < -0.4 is 0 Å². The van der Waals surface area contributed by atoms with Crippen molar-refractivity contribution < 1.29 is 15.0 Å². The molecule has 0 spiro atoms. The fourth-order valence-corrected chi connectivity index (χ4v) is 10.6. The topological polar surface area (TPSA) is 57.5 Å². The van der Waals surface area contributed by atoms with Gasteiger partial charge in [-0.25, -0.2) is 0 Å². The predicted molar refractivity (Wildman–Crippen MR) is 132 cm³/mol. The smallest absolute Gasteiger partial charge is 0.138 e. The Balaban J connectivity index is 1.64. The van der Waals surface area contributed by atoms with E-state index in [2.05, 4.69) is 61.5 Å². The summed E-state index contributed by atoms with van der Waals surface area (Å²) in [5, 5.41) is 23.4. The van der Waals surface area contributed by atoms with Crippen molar-refractivity contribution in [3.05, 3.63) is 11.6 Å². The first-order valence-corrected chi connectivity index (χ1v) is 13.6. The van der Waals surface area contributed by atoms with Crippen LogP contribution in [0.1, 0.15) is 107 Å². The van der Waals surface area contributed by atoms with Crippen molar-refractivity contribution in [1.82, 2.24) is 0 Å². The molecule has 5 rings (SSSR count). The number of hydrogen-bond donors (Lipinski definition) is 2. The van der Waals surface area contributed by atoms with E-state index in [-0.39, 0.29) is 33.7 Å². The van der Waals surface area contributed by atoms with E-state index >= 15 is 0 Å². The Morgan fingerprint density at radius 2 is 1.52 bits per heavy atom. The van der Waals surface area contributed by atoms with Crippen molar-refractivity contribution in [1.29, 1.82) is 0 Å². The Morgan fingerprint density at radius 1 is 0.848 bits per heavy atom. The van der Waals surface area contributed by atoms with Gasteiger partial charge < -0.3 is 10.2 Å². The second-order valence-corrected chi connectivity index (χ2v) is 15.2. The minimum absolute atomic E-state index is 0.00951. The van der Waals surface area contributed by atoms with Gasteiger partial charge in [0.2, 0.25) is 0 Å². The number of allylic oxidation sites excluding steroid dienone is 2. The van der Waals surface area contributed by atoms with Crippen molar-refractivity contribution >= 4 is 5.78 Å². The molecule has 0 saturated heterocycles. The zero-order valence-corrected chi connectivity index (χ0v) is 22.4. The van der Waals surface area contributed by atoms with Gasteiger partial charge in [-0.2, -0.15) is 0 Å². The van der Waals surface area contributed by atoms with Crippen LogP contribution in [0.5, 0.6) is 0 Å². The van der Waals surface area contributed by atoms with Gasteiger partial charge in [-0.3, -0.25) is 4.79 Å². The molecule has 0 aromatic heterocycles. The fraction of sp³-hybridized carbons (Fsp3) is 0.900. The normalized spacial score (nSPS) is 54.9. The minimum Gasteiger partial charge on any atom is -0.393 e. The molecule has 3 heteroatoms. The standard InChI is InChI=1S/C30H48O3/c1-25(2)13-14-27(5)19(15-25)18-9-10-21-28(6)12-11-22(32)26(3,4)24(28)20(31)16-30(21,8)29(18,7)17-23(27)33/h9,19-21,23-24,31,33H,10-17H2,1-8H3/t19-,20-,21-,23+,24?,27+,28-,29-,30-/m1/s1. The van der Waals surface area contributed by atoms with Gasteiger partial charge >= 0.3 is 0 Å². The summed E-state index contributed by atoms with van der Waals surface area (Å²) in [6.45, 7) is 18.5. The Kier molecular flexibility index (Phi) is 4.92. The van der Waals surface area contributed by atoms with Crippen LogP contribution in [-0.4, -0.2) is 28.2 Å². The van der Waals surface area contributed by atoms with Gasteiger partial charge in [0.25, 0.3) is 0 Å². The first-order chi connectivity index (χ1) is 15.0. The van der Waals surface area contributed by atoms with Crippen LogP contribution in [0.25, 0.3) is 0 Å². The van der Waals surface area contributed by atoms with Gasteiger partial charge in [-0.05, 0) is 78.4 Å². The maximum atomic E-state index is 12.9. The van der Waals surface area contributed by atoms with Crippen LogP contribution in [0.2, 0.25) is 0 Å². The number of rotatable bonds is 0. The van der Waals surface area contributed by atoms with E-state index in [1.165, 1.54) is 6.42 Å². The second kappa shape index (κ2) is 6.75. The summed E-state index contributed by atoms with van der Waals surface area (Å²) in [4.78, 5) is 12.9. The van der Waals surface area contributed by atoms with Gasteiger partial charge in [0.05, 0.1) is 12.2 Å². The van der Waals surface area contributed by atoms with Crippen molar-refractivity contribution in [3.63, 3.8) is 0 Å². The van der Waals surface area contributed by atoms with E-state index in [1.807, 2.05) is 0 Å². The zero-order chi connectivity index (χ0) is 24.4. The number of aliphatic hydroxyl groups is 2. The van der Waals surface area contributed by atoms with Gasteiger partial charge in [-0.15, -0.1) is 0 Å². The van der Waals surface area contributed by atoms with Crippen molar-refractivity contribution in [3.8, 4) is 0 Å². The molecule has 0 aromatic carbocycles. The summed E-state index contributed by atoms with van der Waals surface area (Å²) in [5.41, 5.74) is 1.11. The van der Waals surface area contributed by atoms with E-state index in [0.29, 0.717) is 29.5 Å². The predicted octanol–water partition coefficient (Wildman–Crippen LogP) is 6.32. The molecule has 0 radical (unpaired) electrons. The van der Waals surface area contributed by atoms with Crippen molar-refractivity contribution in [2.75, 3.05) is 0 Å². The van der Waals surface area contributed by atoms with Crippen LogP contribution in [0.15, 0.2) is 11.6 Å². The van der Waals surface area contributed by atoms with Crippen LogP contribution in [0.4, 0.5) is 0 Å². The average Bonchev–Trinajstić information content (AvgIpc) is 2.67. The van der Waals surface area contributed by atoms with Crippen LogP contribution in [0.3, 0.4) is 0 Å². The SMILES string of the molecule is CC1(C)CC[C@@]2(C)[C@H](C1)C1=CC[C@@H]3[C@@]4(C)CCC(=O)C(C)(C)C4[C@H](O)C[C@@]3(C)[C@]1(C)C[C@@H]2O. The number of aliphatic hydroxyl groups excluding tert-OH is 2. The molecule has 0 amide bonds. The molecule has 4 saturated carbocycles. The molecule has 0 bridgehead atoms. The third-order valence-corrected chi connectivity index (χ3v) is 12.8. The average molecular weight is 457 g/mol. The largest absolute Gasteiger partial charge is 0.393 e. The Labute approximate surface area is 201 Å². The van der Waals surface area contributed by atoms with Crippen molar-refractivity contribution in [2.24, 2.45) is 50.2 Å². The summed E-state index contributed by atoms with van der Waals surface area (Å²) in [6.07, 6.45) is 9.34. The van der Waals surface area contributed by atoms with Crippen LogP contribution in [0, 0.1) is 50.2 Å². The molecule has 5 aliphatic carbocycles. The number of Topliss-reactive ketones (excluding diaryl/α,β-unsaturated/α-hetero) is 1. The van der Waals surface area contributed by atoms with Crippen molar-refractivity contribution in [2.45, 2.75) is 119 Å². The highest BCUT2D eigenvalue weighted by molar-refractivity contribution is 5.85. The van der Waals surface area contributed by atoms with E-state index < -0.39 is 11.5 Å². The van der Waals surface area contributed by atoms with E-state index in [0.717, 1.165) is 38.5 Å². The van der Waals surface area contributed by atoms with Gasteiger partial charge in [0, 0.05) is 23.2 Å². The highest BCUT2D eigenvalue weighted by atomic mass is 16.3. The quantitative estimate of drug-likeness (QED) is 0.419. The summed E-state index contributed by atoms with van der Waals surface area (Å²) in [7, 11) is 0. The van der Waals surface area contributed by atoms with Gasteiger partial charge in [0.1, 0.15) is 5.78 Å². The lowest BCUT2D eigenvalue weighted by Gasteiger charge is -2.72. The lowest BCUT2D eigenvalue weighted by atomic mass is 9.33. The summed E-state index contributed by atoms with van der Waals surface area (Å²) in [5.74, 6) is 1.17. The molecule has 5 aliphatic rings. The molecule has 186 valence electrons. The molecule has 0 aliphatic heterocycles. The molecular weight excluding hydrogens is 408 g/mol. The maximum Gasteiger partial charge on any atom is 0.138 e. The Hall–Kier alpha value is -0.670. The lowest BCUT2D eigenvalue weighted by Crippen LogP contribution is -2.68. The van der Waals surface area contributed by atoms with E-state index in [4.69, 9.17) is 0 Å². The fourth-order valence-electron chi connectivity index (χ4n) is 10.6. The highest BCUT2D eigenvalue weighted by Crippen LogP contribution is 2.75. The zero-order valence-electron chi connectivity index (χ0n) is 22.4. The minimum atomic E-state index is -0.476. The molecule has 33 heavy (non-hydrogen) atoms. The van der Waals surface area contributed by atoms with E-state index in [1.54, 1.807) is 5.57 Å². The number of fused-ring (bicyclic) bond motifs is 7. The molecule has 0 heterocycles. The lowest BCUT2D eigenvalue weighted by molar-refractivity contribution is -0.227. The van der Waals surface area contributed by atoms with Gasteiger partial charge in [-0.1, -0.05) is 67.0 Å². The first kappa shape index (κ1) is 24.0. The molecule has 9 atom stereocenters. The third-order valence-electron chi connectivity index (χ3n) is 12.8. The Morgan fingerprint density at radius 3 is 2.18 bits per heavy atom. The van der Waals surface area contributed by atoms with E-state index in [9.17, 15) is 15.0 Å².